The van der Waals surface area contributed by atoms with E-state index in [1.807, 2.05) is 49.1 Å². The van der Waals surface area contributed by atoms with Crippen molar-refractivity contribution in [2.75, 3.05) is 0 Å². The van der Waals surface area contributed by atoms with E-state index < -0.39 is 0 Å². The molecule has 0 atom stereocenters. The normalized spacial score (nSPS) is 11.0. The van der Waals surface area contributed by atoms with E-state index in [-0.39, 0.29) is 0 Å². The molecule has 0 spiro atoms. The summed E-state index contributed by atoms with van der Waals surface area (Å²) in [6.45, 7) is 0. The molecule has 282 valence electrons. The number of benzene rings is 7. The molecule has 0 fully saturated rings. The molecule has 0 saturated heterocycles. The van der Waals surface area contributed by atoms with E-state index in [1.54, 1.807) is 0 Å². The predicted octanol–water partition coefficient (Wildman–Crippen LogP) is 13.7. The predicted molar refractivity (Wildman–Crippen MR) is 244 cm³/mol. The van der Waals surface area contributed by atoms with Crippen LogP contribution in [0.3, 0.4) is 0 Å². The molecule has 60 heavy (non-hydrogen) atoms. The van der Waals surface area contributed by atoms with Gasteiger partial charge in [0.15, 0.2) is 17.5 Å². The first-order valence-electron chi connectivity index (χ1n) is 20.0. The van der Waals surface area contributed by atoms with E-state index >= 15 is 0 Å². The Morgan fingerprint density at radius 1 is 0.217 bits per heavy atom. The number of hydrogen-bond donors (Lipinski definition) is 0. The fraction of sp³-hybridized carbons (Fsp3) is 0. The summed E-state index contributed by atoms with van der Waals surface area (Å²) in [4.78, 5) is 24.8. The maximum absolute atomic E-state index is 5.25. The maximum atomic E-state index is 5.25. The molecule has 0 unspecified atom stereocenters. The third-order valence-corrected chi connectivity index (χ3v) is 10.8. The van der Waals surface area contributed by atoms with Gasteiger partial charge in [0.1, 0.15) is 0 Å². The van der Waals surface area contributed by atoms with Crippen molar-refractivity contribution in [3.8, 4) is 101 Å². The summed E-state index contributed by atoms with van der Waals surface area (Å²) in [5.41, 5.74) is 15.6. The standard InChI is InChI=1S/C55H37N5/c1-5-13-38(14-6-1)40-21-25-44(26-22-40)53-58-54(45-27-23-41(24-28-45)39-15-7-2-8-16-39)60-55(59-53)48-34-46(49-29-31-56-36-51(49)42-17-9-3-10-18-42)33-47(35-48)50-30-32-57-37-52(50)43-19-11-4-12-20-43/h1-37H. The summed E-state index contributed by atoms with van der Waals surface area (Å²) < 4.78 is 0. The average molecular weight is 768 g/mol. The van der Waals surface area contributed by atoms with Gasteiger partial charge in [-0.2, -0.15) is 0 Å². The van der Waals surface area contributed by atoms with Crippen LogP contribution >= 0.6 is 0 Å². The van der Waals surface area contributed by atoms with Gasteiger partial charge in [0.2, 0.25) is 0 Å². The number of pyridine rings is 2. The lowest BCUT2D eigenvalue weighted by atomic mass is 9.90. The fourth-order valence-corrected chi connectivity index (χ4v) is 7.70. The molecule has 0 aliphatic heterocycles. The second kappa shape index (κ2) is 16.4. The molecule has 3 heterocycles. The lowest BCUT2D eigenvalue weighted by Crippen LogP contribution is -2.01. The molecule has 0 radical (unpaired) electrons. The first-order valence-corrected chi connectivity index (χ1v) is 20.0. The average Bonchev–Trinajstić information content (AvgIpc) is 3.35. The van der Waals surface area contributed by atoms with Crippen LogP contribution < -0.4 is 0 Å². The molecule has 5 heteroatoms. The van der Waals surface area contributed by atoms with Crippen molar-refractivity contribution >= 4 is 0 Å². The zero-order valence-electron chi connectivity index (χ0n) is 32.6. The Labute approximate surface area is 349 Å². The molecule has 10 rings (SSSR count). The van der Waals surface area contributed by atoms with Crippen molar-refractivity contribution in [2.24, 2.45) is 0 Å². The Morgan fingerprint density at radius 3 is 0.900 bits per heavy atom. The highest BCUT2D eigenvalue weighted by Crippen LogP contribution is 2.40. The Bertz CT molecular complexity index is 2840. The van der Waals surface area contributed by atoms with E-state index in [9.17, 15) is 0 Å². The molecule has 0 N–H and O–H groups in total. The summed E-state index contributed by atoms with van der Waals surface area (Å²) in [7, 11) is 0. The Morgan fingerprint density at radius 2 is 0.517 bits per heavy atom. The summed E-state index contributed by atoms with van der Waals surface area (Å²) in [6.07, 6.45) is 7.59. The second-order valence-corrected chi connectivity index (χ2v) is 14.6. The van der Waals surface area contributed by atoms with Gasteiger partial charge in [-0.1, -0.05) is 170 Å². The Kier molecular flexibility index (Phi) is 9.88. The summed E-state index contributed by atoms with van der Waals surface area (Å²) >= 11 is 0. The molecule has 0 bridgehead atoms. The first kappa shape index (κ1) is 36.2. The van der Waals surface area contributed by atoms with E-state index in [0.29, 0.717) is 17.5 Å². The number of hydrogen-bond acceptors (Lipinski definition) is 5. The lowest BCUT2D eigenvalue weighted by molar-refractivity contribution is 1.07. The van der Waals surface area contributed by atoms with Crippen LogP contribution in [-0.4, -0.2) is 24.9 Å². The topological polar surface area (TPSA) is 64.5 Å². The van der Waals surface area contributed by atoms with Crippen molar-refractivity contribution in [1.82, 2.24) is 24.9 Å². The third-order valence-electron chi connectivity index (χ3n) is 10.8. The molecule has 7 aromatic carbocycles. The Balaban J connectivity index is 1.18. The SMILES string of the molecule is c1ccc(-c2ccc(-c3nc(-c4ccc(-c5ccccc5)cc4)nc(-c4cc(-c5ccncc5-c5ccccc5)cc(-c5ccncc5-c5ccccc5)c4)n3)cc2)cc1. The van der Waals surface area contributed by atoms with E-state index in [2.05, 4.69) is 186 Å². The van der Waals surface area contributed by atoms with Gasteiger partial charge in [-0.25, -0.2) is 15.0 Å². The van der Waals surface area contributed by atoms with Crippen molar-refractivity contribution in [3.05, 3.63) is 225 Å². The molecule has 5 nitrogen and oxygen atoms in total. The van der Waals surface area contributed by atoms with E-state index in [0.717, 1.165) is 83.5 Å². The first-order chi connectivity index (χ1) is 29.7. The van der Waals surface area contributed by atoms with Gasteiger partial charge in [0.25, 0.3) is 0 Å². The van der Waals surface area contributed by atoms with Crippen LogP contribution in [0, 0.1) is 0 Å². The molecular weight excluding hydrogens is 731 g/mol. The smallest absolute Gasteiger partial charge is 0.164 e. The second-order valence-electron chi connectivity index (χ2n) is 14.6. The summed E-state index contributed by atoms with van der Waals surface area (Å²) in [5, 5.41) is 0. The zero-order valence-corrected chi connectivity index (χ0v) is 32.6. The minimum absolute atomic E-state index is 0.572. The van der Waals surface area contributed by atoms with Crippen molar-refractivity contribution < 1.29 is 0 Å². The minimum atomic E-state index is 0.572. The molecule has 0 amide bonds. The number of aromatic nitrogens is 5. The number of rotatable bonds is 9. The highest BCUT2D eigenvalue weighted by Gasteiger charge is 2.18. The molecule has 10 aromatic rings. The van der Waals surface area contributed by atoms with Crippen molar-refractivity contribution in [1.29, 1.82) is 0 Å². The minimum Gasteiger partial charge on any atom is -0.264 e. The van der Waals surface area contributed by atoms with Crippen molar-refractivity contribution in [2.45, 2.75) is 0 Å². The van der Waals surface area contributed by atoms with Gasteiger partial charge < -0.3 is 0 Å². The quantitative estimate of drug-likeness (QED) is 0.146. The van der Waals surface area contributed by atoms with Gasteiger partial charge in [-0.3, -0.25) is 9.97 Å². The molecule has 0 aliphatic rings. The Hall–Kier alpha value is -8.15. The van der Waals surface area contributed by atoms with Gasteiger partial charge in [-0.05, 0) is 86.0 Å². The van der Waals surface area contributed by atoms with E-state index in [4.69, 9.17) is 15.0 Å². The largest absolute Gasteiger partial charge is 0.264 e. The van der Waals surface area contributed by atoms with Crippen molar-refractivity contribution in [3.63, 3.8) is 0 Å². The van der Waals surface area contributed by atoms with E-state index in [1.165, 1.54) is 0 Å². The maximum Gasteiger partial charge on any atom is 0.164 e. The molecule has 3 aromatic heterocycles. The van der Waals surface area contributed by atoms with Crippen LogP contribution in [0.1, 0.15) is 0 Å². The monoisotopic (exact) mass is 767 g/mol. The zero-order chi connectivity index (χ0) is 40.1. The van der Waals surface area contributed by atoms with Crippen LogP contribution in [-0.2, 0) is 0 Å². The highest BCUT2D eigenvalue weighted by atomic mass is 15.0. The third kappa shape index (κ3) is 7.51. The fourth-order valence-electron chi connectivity index (χ4n) is 7.70. The van der Waals surface area contributed by atoms with Crippen LogP contribution in [0.5, 0.6) is 0 Å². The summed E-state index contributed by atoms with van der Waals surface area (Å²) in [5.74, 6) is 1.76. The lowest BCUT2D eigenvalue weighted by Gasteiger charge is -2.16. The molecule has 0 aliphatic carbocycles. The van der Waals surface area contributed by atoms with Crippen LogP contribution in [0.2, 0.25) is 0 Å². The molecular formula is C55H37N5. The molecule has 0 saturated carbocycles. The number of nitrogens with zero attached hydrogens (tertiary/aromatic N) is 5. The van der Waals surface area contributed by atoms with Crippen LogP contribution in [0.4, 0.5) is 0 Å². The van der Waals surface area contributed by atoms with Gasteiger partial charge in [-0.15, -0.1) is 0 Å². The van der Waals surface area contributed by atoms with Gasteiger partial charge in [0, 0.05) is 52.6 Å². The van der Waals surface area contributed by atoms with Crippen LogP contribution in [0.15, 0.2) is 225 Å². The van der Waals surface area contributed by atoms with Crippen LogP contribution in [0.25, 0.3) is 101 Å². The van der Waals surface area contributed by atoms with Gasteiger partial charge in [0.05, 0.1) is 0 Å². The summed E-state index contributed by atoms with van der Waals surface area (Å²) in [6, 6.07) is 69.3. The highest BCUT2D eigenvalue weighted by molar-refractivity contribution is 5.91. The van der Waals surface area contributed by atoms with Gasteiger partial charge >= 0.3 is 0 Å².